The van der Waals surface area contributed by atoms with Crippen molar-refractivity contribution in [2.45, 2.75) is 13.8 Å². The third-order valence-electron chi connectivity index (χ3n) is 3.97. The van der Waals surface area contributed by atoms with Crippen LogP contribution in [-0.4, -0.2) is 30.9 Å². The van der Waals surface area contributed by atoms with Gasteiger partial charge in [-0.3, -0.25) is 9.59 Å². The number of hydrogen-bond acceptors (Lipinski definition) is 4. The molecule has 0 saturated heterocycles. The smallest absolute Gasteiger partial charge is 0.331 e. The third kappa shape index (κ3) is 6.55. The van der Waals surface area contributed by atoms with Gasteiger partial charge in [0.2, 0.25) is 5.91 Å². The molecule has 6 nitrogen and oxygen atoms in total. The van der Waals surface area contributed by atoms with Crippen LogP contribution in [0.1, 0.15) is 16.7 Å². The van der Waals surface area contributed by atoms with Crippen LogP contribution < -0.4 is 10.6 Å². The van der Waals surface area contributed by atoms with Crippen molar-refractivity contribution in [2.75, 3.05) is 18.5 Å². The molecular weight excluding hydrogens is 380 g/mol. The van der Waals surface area contributed by atoms with Crippen LogP contribution in [0.3, 0.4) is 0 Å². The number of esters is 1. The molecule has 0 bridgehead atoms. The first kappa shape index (κ1) is 21.2. The van der Waals surface area contributed by atoms with Crippen LogP contribution in [0, 0.1) is 13.8 Å². The van der Waals surface area contributed by atoms with Crippen molar-refractivity contribution < 1.29 is 19.1 Å². The second kappa shape index (κ2) is 10.3. The number of carbonyl (C=O) groups is 3. The highest BCUT2D eigenvalue weighted by Gasteiger charge is 2.09. The monoisotopic (exact) mass is 400 g/mol. The second-order valence-electron chi connectivity index (χ2n) is 6.03. The zero-order valence-corrected chi connectivity index (χ0v) is 16.4. The van der Waals surface area contributed by atoms with Crippen molar-refractivity contribution in [3.63, 3.8) is 0 Å². The minimum atomic E-state index is -0.685. The van der Waals surface area contributed by atoms with Crippen LogP contribution in [0.15, 0.2) is 48.5 Å². The number of benzene rings is 2. The summed E-state index contributed by atoms with van der Waals surface area (Å²) in [6.07, 6.45) is 2.68. The Morgan fingerprint density at radius 3 is 2.54 bits per heavy atom. The molecule has 2 N–H and O–H groups in total. The average Bonchev–Trinajstić information content (AvgIpc) is 2.67. The zero-order valence-electron chi connectivity index (χ0n) is 15.6. The van der Waals surface area contributed by atoms with E-state index in [9.17, 15) is 14.4 Å². The number of rotatable bonds is 7. The molecule has 0 atom stereocenters. The fraction of sp³-hybridized carbons (Fsp3) is 0.190. The predicted molar refractivity (Wildman–Crippen MR) is 109 cm³/mol. The first-order chi connectivity index (χ1) is 13.4. The van der Waals surface area contributed by atoms with Crippen LogP contribution >= 0.6 is 11.6 Å². The van der Waals surface area contributed by atoms with Gasteiger partial charge in [-0.2, -0.15) is 0 Å². The summed E-state index contributed by atoms with van der Waals surface area (Å²) < 4.78 is 4.84. The van der Waals surface area contributed by atoms with E-state index in [-0.39, 0.29) is 12.5 Å². The molecule has 2 aromatic rings. The highest BCUT2D eigenvalue weighted by Crippen LogP contribution is 2.17. The molecule has 0 fully saturated rings. The number of halogens is 1. The van der Waals surface area contributed by atoms with Gasteiger partial charge in [-0.05, 0) is 48.7 Å². The summed E-state index contributed by atoms with van der Waals surface area (Å²) in [6.45, 7) is 3.14. The fourth-order valence-electron chi connectivity index (χ4n) is 2.26. The minimum absolute atomic E-state index is 0.223. The lowest BCUT2D eigenvalue weighted by atomic mass is 10.1. The molecule has 0 spiro atoms. The van der Waals surface area contributed by atoms with Gasteiger partial charge in [0.15, 0.2) is 6.61 Å². The first-order valence-corrected chi connectivity index (χ1v) is 8.96. The van der Waals surface area contributed by atoms with Crippen LogP contribution in [0.2, 0.25) is 5.02 Å². The first-order valence-electron chi connectivity index (χ1n) is 8.59. The Morgan fingerprint density at radius 2 is 1.79 bits per heavy atom. The van der Waals surface area contributed by atoms with Gasteiger partial charge >= 0.3 is 5.97 Å². The van der Waals surface area contributed by atoms with Crippen LogP contribution in [-0.2, 0) is 19.1 Å². The molecule has 2 rings (SSSR count). The molecule has 0 aliphatic rings. The van der Waals surface area contributed by atoms with Crippen molar-refractivity contribution in [3.05, 3.63) is 70.3 Å². The molecule has 146 valence electrons. The molecule has 0 heterocycles. The van der Waals surface area contributed by atoms with Gasteiger partial charge < -0.3 is 15.4 Å². The highest BCUT2D eigenvalue weighted by atomic mass is 35.5. The Morgan fingerprint density at radius 1 is 1.04 bits per heavy atom. The summed E-state index contributed by atoms with van der Waals surface area (Å²) in [5.74, 6) is -1.63. The Hall–Kier alpha value is -3.12. The van der Waals surface area contributed by atoms with Crippen LogP contribution in [0.4, 0.5) is 5.69 Å². The van der Waals surface area contributed by atoms with Crippen molar-refractivity contribution in [1.29, 1.82) is 0 Å². The van der Waals surface area contributed by atoms with E-state index in [2.05, 4.69) is 10.6 Å². The predicted octanol–water partition coefficient (Wildman–Crippen LogP) is 3.27. The highest BCUT2D eigenvalue weighted by molar-refractivity contribution is 6.32. The molecule has 28 heavy (non-hydrogen) atoms. The standard InChI is InChI=1S/C21H21ClN2O4/c1-14-6-5-9-18(15(14)2)24-19(25)12-23-20(26)13-28-21(27)11-10-16-7-3-4-8-17(16)22/h3-11H,12-13H2,1-2H3,(H,23,26)(H,24,25)/b11-10+. The molecule has 0 aliphatic carbocycles. The molecular formula is C21H21ClN2O4. The second-order valence-corrected chi connectivity index (χ2v) is 6.44. The van der Waals surface area contributed by atoms with Gasteiger partial charge in [-0.1, -0.05) is 41.9 Å². The number of hydrogen-bond donors (Lipinski definition) is 2. The van der Waals surface area contributed by atoms with Gasteiger partial charge in [0.25, 0.3) is 5.91 Å². The fourth-order valence-corrected chi connectivity index (χ4v) is 2.46. The number of aryl methyl sites for hydroxylation is 1. The summed E-state index contributed by atoms with van der Waals surface area (Å²) in [5, 5.41) is 5.63. The van der Waals surface area contributed by atoms with E-state index in [4.69, 9.17) is 16.3 Å². The van der Waals surface area contributed by atoms with Crippen molar-refractivity contribution in [3.8, 4) is 0 Å². The van der Waals surface area contributed by atoms with Gasteiger partial charge in [-0.15, -0.1) is 0 Å². The Bertz CT molecular complexity index is 909. The van der Waals surface area contributed by atoms with Gasteiger partial charge in [-0.25, -0.2) is 4.79 Å². The van der Waals surface area contributed by atoms with Gasteiger partial charge in [0, 0.05) is 16.8 Å². The summed E-state index contributed by atoms with van der Waals surface area (Å²) in [4.78, 5) is 35.4. The van der Waals surface area contributed by atoms with E-state index in [1.807, 2.05) is 26.0 Å². The van der Waals surface area contributed by atoms with E-state index < -0.39 is 18.5 Å². The quantitative estimate of drug-likeness (QED) is 0.551. The Balaban J connectivity index is 1.73. The number of ether oxygens (including phenoxy) is 1. The topological polar surface area (TPSA) is 84.5 Å². The van der Waals surface area contributed by atoms with E-state index in [1.165, 1.54) is 12.2 Å². The maximum absolute atomic E-state index is 12.0. The maximum atomic E-state index is 12.0. The van der Waals surface area contributed by atoms with E-state index in [0.29, 0.717) is 16.3 Å². The average molecular weight is 401 g/mol. The van der Waals surface area contributed by atoms with Crippen molar-refractivity contribution >= 4 is 41.1 Å². The number of amides is 2. The third-order valence-corrected chi connectivity index (χ3v) is 4.32. The minimum Gasteiger partial charge on any atom is -0.452 e. The lowest BCUT2D eigenvalue weighted by molar-refractivity contribution is -0.143. The van der Waals surface area contributed by atoms with E-state index in [0.717, 1.165) is 11.1 Å². The van der Waals surface area contributed by atoms with Crippen LogP contribution in [0.25, 0.3) is 6.08 Å². The molecule has 0 unspecified atom stereocenters. The molecule has 0 saturated carbocycles. The van der Waals surface area contributed by atoms with Crippen molar-refractivity contribution in [2.24, 2.45) is 0 Å². The lowest BCUT2D eigenvalue weighted by Gasteiger charge is -2.11. The van der Waals surface area contributed by atoms with Gasteiger partial charge in [0.05, 0.1) is 6.54 Å². The molecule has 0 aromatic heterocycles. The normalized spacial score (nSPS) is 10.5. The number of nitrogens with one attached hydrogen (secondary N) is 2. The van der Waals surface area contributed by atoms with Crippen molar-refractivity contribution in [1.82, 2.24) is 5.32 Å². The largest absolute Gasteiger partial charge is 0.452 e. The molecule has 2 amide bonds. The lowest BCUT2D eigenvalue weighted by Crippen LogP contribution is -2.35. The SMILES string of the molecule is Cc1cccc(NC(=O)CNC(=O)COC(=O)/C=C/c2ccccc2Cl)c1C. The maximum Gasteiger partial charge on any atom is 0.331 e. The summed E-state index contributed by atoms with van der Waals surface area (Å²) in [7, 11) is 0. The Labute approximate surface area is 168 Å². The van der Waals surface area contributed by atoms with Gasteiger partial charge in [0.1, 0.15) is 0 Å². The molecule has 2 aromatic carbocycles. The Kier molecular flexibility index (Phi) is 7.77. The summed E-state index contributed by atoms with van der Waals surface area (Å²) >= 11 is 5.98. The van der Waals surface area contributed by atoms with E-state index >= 15 is 0 Å². The van der Waals surface area contributed by atoms with Crippen LogP contribution in [0.5, 0.6) is 0 Å². The summed E-state index contributed by atoms with van der Waals surface area (Å²) in [5.41, 5.74) is 3.36. The molecule has 0 radical (unpaired) electrons. The number of carbonyl (C=O) groups excluding carboxylic acids is 3. The molecule has 7 heteroatoms. The van der Waals surface area contributed by atoms with E-state index in [1.54, 1.807) is 30.3 Å². The zero-order chi connectivity index (χ0) is 20.5. The number of anilines is 1. The summed E-state index contributed by atoms with van der Waals surface area (Å²) in [6, 6.07) is 12.6. The molecule has 0 aliphatic heterocycles.